The van der Waals surface area contributed by atoms with E-state index in [1.807, 2.05) is 12.1 Å². The molecule has 0 saturated heterocycles. The molecule has 0 bridgehead atoms. The van der Waals surface area contributed by atoms with Gasteiger partial charge in [0.1, 0.15) is 5.60 Å². The molecule has 25 heavy (non-hydrogen) atoms. The summed E-state index contributed by atoms with van der Waals surface area (Å²) in [6, 6.07) is 3.70. The lowest BCUT2D eigenvalue weighted by atomic mass is 10.2. The minimum Gasteiger partial charge on any atom is -0.477 e. The minimum atomic E-state index is -0.548. The van der Waals surface area contributed by atoms with Crippen LogP contribution in [0, 0.1) is 5.92 Å². The third kappa shape index (κ3) is 8.37. The average molecular weight is 349 g/mol. The second kappa shape index (κ2) is 8.69. The summed E-state index contributed by atoms with van der Waals surface area (Å²) in [6.07, 6.45) is 3.85. The van der Waals surface area contributed by atoms with Crippen LogP contribution in [-0.4, -0.2) is 35.7 Å². The van der Waals surface area contributed by atoms with Crippen LogP contribution >= 0.6 is 0 Å². The molecule has 7 heteroatoms. The molecule has 1 aliphatic carbocycles. The van der Waals surface area contributed by atoms with Crippen molar-refractivity contribution in [1.29, 1.82) is 0 Å². The summed E-state index contributed by atoms with van der Waals surface area (Å²) in [5.41, 5.74) is 0.348. The Morgan fingerprint density at radius 2 is 2.00 bits per heavy atom. The second-order valence-electron chi connectivity index (χ2n) is 7.21. The molecule has 1 aromatic rings. The number of nitrogens with one attached hydrogen (secondary N) is 2. The highest BCUT2D eigenvalue weighted by atomic mass is 16.6. The van der Waals surface area contributed by atoms with Gasteiger partial charge in [-0.1, -0.05) is 6.07 Å². The largest absolute Gasteiger partial charge is 0.477 e. The number of alkyl carbamates (subject to hydrolysis) is 1. The minimum absolute atomic E-state index is 0.148. The smallest absolute Gasteiger partial charge is 0.407 e. The summed E-state index contributed by atoms with van der Waals surface area (Å²) >= 11 is 0. The van der Waals surface area contributed by atoms with Gasteiger partial charge in [0, 0.05) is 31.8 Å². The number of hydrogen-bond donors (Lipinski definition) is 2. The number of ether oxygens (including phenoxy) is 2. The predicted molar refractivity (Wildman–Crippen MR) is 93.2 cm³/mol. The van der Waals surface area contributed by atoms with Gasteiger partial charge < -0.3 is 20.1 Å². The van der Waals surface area contributed by atoms with Crippen LogP contribution in [0.15, 0.2) is 18.3 Å². The molecule has 0 spiro atoms. The molecule has 1 aliphatic rings. The predicted octanol–water partition coefficient (Wildman–Crippen LogP) is 2.40. The van der Waals surface area contributed by atoms with Crippen LogP contribution in [0.3, 0.4) is 0 Å². The van der Waals surface area contributed by atoms with Crippen LogP contribution < -0.4 is 15.4 Å². The van der Waals surface area contributed by atoms with E-state index in [2.05, 4.69) is 15.6 Å². The van der Waals surface area contributed by atoms with Crippen molar-refractivity contribution in [3.63, 3.8) is 0 Å². The van der Waals surface area contributed by atoms with Crippen LogP contribution in [0.4, 0.5) is 4.79 Å². The summed E-state index contributed by atoms with van der Waals surface area (Å²) in [5, 5.41) is 5.34. The quantitative estimate of drug-likeness (QED) is 0.752. The zero-order chi connectivity index (χ0) is 18.3. The van der Waals surface area contributed by atoms with Gasteiger partial charge >= 0.3 is 6.09 Å². The normalized spacial score (nSPS) is 13.9. The number of amides is 2. The number of carbonyl (C=O) groups excluding carboxylic acids is 2. The van der Waals surface area contributed by atoms with Crippen molar-refractivity contribution >= 4 is 12.0 Å². The number of rotatable bonds is 8. The number of hydrogen-bond acceptors (Lipinski definition) is 5. The Morgan fingerprint density at radius 3 is 2.60 bits per heavy atom. The van der Waals surface area contributed by atoms with E-state index in [9.17, 15) is 9.59 Å². The SMILES string of the molecule is CC(C)(C)OC(=O)NCCC(=O)NCc1ccc(OCC2CC2)nc1. The molecule has 0 aliphatic heterocycles. The van der Waals surface area contributed by atoms with Crippen molar-refractivity contribution in [1.82, 2.24) is 15.6 Å². The lowest BCUT2D eigenvalue weighted by molar-refractivity contribution is -0.121. The Morgan fingerprint density at radius 1 is 1.24 bits per heavy atom. The zero-order valence-electron chi connectivity index (χ0n) is 15.1. The van der Waals surface area contributed by atoms with Crippen molar-refractivity contribution in [3.8, 4) is 5.88 Å². The first kappa shape index (κ1) is 19.0. The fraction of sp³-hybridized carbons (Fsp3) is 0.611. The molecular weight excluding hydrogens is 322 g/mol. The van der Waals surface area contributed by atoms with E-state index in [4.69, 9.17) is 9.47 Å². The molecule has 138 valence electrons. The monoisotopic (exact) mass is 349 g/mol. The molecule has 1 aromatic heterocycles. The van der Waals surface area contributed by atoms with Crippen LogP contribution in [0.2, 0.25) is 0 Å². The van der Waals surface area contributed by atoms with Gasteiger partial charge in [-0.3, -0.25) is 4.79 Å². The van der Waals surface area contributed by atoms with E-state index in [-0.39, 0.29) is 18.9 Å². The van der Waals surface area contributed by atoms with Crippen molar-refractivity contribution < 1.29 is 19.1 Å². The highest BCUT2D eigenvalue weighted by Gasteiger charge is 2.22. The summed E-state index contributed by atoms with van der Waals surface area (Å²) in [4.78, 5) is 27.5. The maximum absolute atomic E-state index is 11.8. The fourth-order valence-electron chi connectivity index (χ4n) is 1.97. The Labute approximate surface area is 148 Å². The second-order valence-corrected chi connectivity index (χ2v) is 7.21. The standard InChI is InChI=1S/C18H27N3O4/c1-18(2,3)25-17(23)19-9-8-15(22)20-10-14-6-7-16(21-11-14)24-12-13-4-5-13/h6-7,11,13H,4-5,8-10,12H2,1-3H3,(H,19,23)(H,20,22). The fourth-order valence-corrected chi connectivity index (χ4v) is 1.97. The van der Waals surface area contributed by atoms with E-state index in [0.29, 0.717) is 18.3 Å². The van der Waals surface area contributed by atoms with E-state index in [1.54, 1.807) is 27.0 Å². The third-order valence-corrected chi connectivity index (χ3v) is 3.47. The molecule has 0 aromatic carbocycles. The molecule has 1 fully saturated rings. The molecule has 2 amide bonds. The van der Waals surface area contributed by atoms with Crippen LogP contribution in [0.5, 0.6) is 5.88 Å². The van der Waals surface area contributed by atoms with Crippen LogP contribution in [0.25, 0.3) is 0 Å². The Kier molecular flexibility index (Phi) is 6.61. The van der Waals surface area contributed by atoms with Crippen LogP contribution in [-0.2, 0) is 16.1 Å². The first-order chi connectivity index (χ1) is 11.8. The summed E-state index contributed by atoms with van der Waals surface area (Å²) in [6.45, 7) is 6.71. The number of aromatic nitrogens is 1. The average Bonchev–Trinajstić information content (AvgIpc) is 3.34. The first-order valence-electron chi connectivity index (χ1n) is 8.63. The summed E-state index contributed by atoms with van der Waals surface area (Å²) in [7, 11) is 0. The van der Waals surface area contributed by atoms with E-state index in [0.717, 1.165) is 12.2 Å². The van der Waals surface area contributed by atoms with Gasteiger partial charge in [-0.25, -0.2) is 9.78 Å². The molecule has 0 radical (unpaired) electrons. The highest BCUT2D eigenvalue weighted by molar-refractivity contribution is 5.77. The van der Waals surface area contributed by atoms with Crippen molar-refractivity contribution in [2.24, 2.45) is 5.92 Å². The van der Waals surface area contributed by atoms with Gasteiger partial charge in [0.2, 0.25) is 11.8 Å². The number of nitrogens with zero attached hydrogens (tertiary/aromatic N) is 1. The molecular formula is C18H27N3O4. The summed E-state index contributed by atoms with van der Waals surface area (Å²) < 4.78 is 10.7. The molecule has 2 N–H and O–H groups in total. The van der Waals surface area contributed by atoms with E-state index >= 15 is 0 Å². The Hall–Kier alpha value is -2.31. The van der Waals surface area contributed by atoms with Gasteiger partial charge in [-0.15, -0.1) is 0 Å². The maximum Gasteiger partial charge on any atom is 0.407 e. The van der Waals surface area contributed by atoms with E-state index in [1.165, 1.54) is 12.8 Å². The molecule has 2 rings (SSSR count). The Bertz CT molecular complexity index is 577. The highest BCUT2D eigenvalue weighted by Crippen LogP contribution is 2.29. The maximum atomic E-state index is 11.8. The molecule has 7 nitrogen and oxygen atoms in total. The number of pyridine rings is 1. The van der Waals surface area contributed by atoms with Gasteiger partial charge in [-0.05, 0) is 45.1 Å². The molecule has 1 saturated carbocycles. The zero-order valence-corrected chi connectivity index (χ0v) is 15.1. The molecule has 0 unspecified atom stereocenters. The van der Waals surface area contributed by atoms with Gasteiger partial charge in [-0.2, -0.15) is 0 Å². The van der Waals surface area contributed by atoms with Crippen molar-refractivity contribution in [2.75, 3.05) is 13.2 Å². The topological polar surface area (TPSA) is 89.5 Å². The summed E-state index contributed by atoms with van der Waals surface area (Å²) in [5.74, 6) is 1.16. The third-order valence-electron chi connectivity index (χ3n) is 3.47. The molecule has 1 heterocycles. The van der Waals surface area contributed by atoms with Crippen LogP contribution in [0.1, 0.15) is 45.6 Å². The van der Waals surface area contributed by atoms with E-state index < -0.39 is 11.7 Å². The van der Waals surface area contributed by atoms with Gasteiger partial charge in [0.05, 0.1) is 6.61 Å². The lowest BCUT2D eigenvalue weighted by Gasteiger charge is -2.19. The van der Waals surface area contributed by atoms with Gasteiger partial charge in [0.15, 0.2) is 0 Å². The van der Waals surface area contributed by atoms with Crippen molar-refractivity contribution in [3.05, 3.63) is 23.9 Å². The lowest BCUT2D eigenvalue weighted by Crippen LogP contribution is -2.35. The Balaban J connectivity index is 1.60. The van der Waals surface area contributed by atoms with Gasteiger partial charge in [0.25, 0.3) is 0 Å². The number of carbonyl (C=O) groups is 2. The first-order valence-corrected chi connectivity index (χ1v) is 8.63. The van der Waals surface area contributed by atoms with Crippen molar-refractivity contribution in [2.45, 2.75) is 52.2 Å². The molecule has 0 atom stereocenters.